The van der Waals surface area contributed by atoms with E-state index in [0.717, 1.165) is 21.5 Å². The van der Waals surface area contributed by atoms with E-state index in [4.69, 9.17) is 5.10 Å². The summed E-state index contributed by atoms with van der Waals surface area (Å²) in [7, 11) is 0. The van der Waals surface area contributed by atoms with Gasteiger partial charge in [-0.2, -0.15) is 5.10 Å². The van der Waals surface area contributed by atoms with Crippen LogP contribution < -0.4 is 15.2 Å². The average Bonchev–Trinajstić information content (AvgIpc) is 2.99. The molecule has 0 aliphatic carbocycles. The van der Waals surface area contributed by atoms with Crippen LogP contribution in [0.25, 0.3) is 0 Å². The van der Waals surface area contributed by atoms with Gasteiger partial charge in [-0.1, -0.05) is 58.4 Å². The van der Waals surface area contributed by atoms with E-state index in [2.05, 4.69) is 21.2 Å². The molecule has 0 aromatic heterocycles. The van der Waals surface area contributed by atoms with Gasteiger partial charge in [0.2, 0.25) is 5.91 Å². The maximum atomic E-state index is 14.2. The number of nitrogens with zero attached hydrogens (tertiary/aromatic N) is 5. The highest BCUT2D eigenvalue weighted by Gasteiger charge is 2.36. The summed E-state index contributed by atoms with van der Waals surface area (Å²) in [6, 6.07) is 23.9. The number of carbonyl (C=O) groups is 2. The third kappa shape index (κ3) is 5.58. The topological polar surface area (TPSA) is 151 Å². The number of nitro groups is 2. The van der Waals surface area contributed by atoms with Gasteiger partial charge in [-0.05, 0) is 48.9 Å². The molecule has 1 aliphatic rings. The molecule has 0 spiro atoms. The number of carbonyl (C=O) groups excluding carboxylic acids is 2. The van der Waals surface area contributed by atoms with E-state index in [9.17, 15) is 29.8 Å². The van der Waals surface area contributed by atoms with E-state index in [-0.39, 0.29) is 11.3 Å². The van der Waals surface area contributed by atoms with Gasteiger partial charge >= 0.3 is 5.69 Å². The Balaban J connectivity index is 1.79. The van der Waals surface area contributed by atoms with E-state index < -0.39 is 39.6 Å². The smallest absolute Gasteiger partial charge is 0.302 e. The van der Waals surface area contributed by atoms with Gasteiger partial charge in [0, 0.05) is 10.5 Å². The van der Waals surface area contributed by atoms with Gasteiger partial charge in [0.05, 0.1) is 44.3 Å². The minimum atomic E-state index is -0.850. The molecular formula is C29H21BrN6O6. The van der Waals surface area contributed by atoms with Crippen LogP contribution in [-0.4, -0.2) is 33.9 Å². The number of rotatable bonds is 7. The Hall–Kier alpha value is -5.43. The summed E-state index contributed by atoms with van der Waals surface area (Å²) in [5.74, 6) is -1.34. The van der Waals surface area contributed by atoms with Crippen LogP contribution in [0.4, 0.5) is 34.1 Å². The van der Waals surface area contributed by atoms with Gasteiger partial charge in [0.1, 0.15) is 6.54 Å². The molecule has 210 valence electrons. The first-order valence-electron chi connectivity index (χ1n) is 12.5. The molecule has 0 radical (unpaired) electrons. The molecule has 42 heavy (non-hydrogen) atoms. The van der Waals surface area contributed by atoms with E-state index in [1.807, 2.05) is 12.1 Å². The molecule has 1 N–H and O–H groups in total. The van der Waals surface area contributed by atoms with E-state index in [1.54, 1.807) is 73.7 Å². The fourth-order valence-electron chi connectivity index (χ4n) is 4.50. The molecule has 0 bridgehead atoms. The molecule has 0 saturated carbocycles. The number of hydrogen-bond acceptors (Lipinski definition) is 8. The highest BCUT2D eigenvalue weighted by atomic mass is 79.9. The van der Waals surface area contributed by atoms with Crippen LogP contribution in [0.1, 0.15) is 22.8 Å². The third-order valence-electron chi connectivity index (χ3n) is 6.45. The van der Waals surface area contributed by atoms with Crippen molar-refractivity contribution in [3.05, 3.63) is 127 Å². The Kier molecular flexibility index (Phi) is 7.76. The molecule has 4 aromatic rings. The molecule has 12 nitrogen and oxygen atoms in total. The summed E-state index contributed by atoms with van der Waals surface area (Å²) in [5, 5.41) is 32.9. The number of nitro benzene ring substituents is 2. The second-order valence-electron chi connectivity index (χ2n) is 9.17. The monoisotopic (exact) mass is 628 g/mol. The van der Waals surface area contributed by atoms with Gasteiger partial charge in [-0.15, -0.1) is 0 Å². The predicted molar refractivity (Wildman–Crippen MR) is 161 cm³/mol. The SMILES string of the molecule is C/C(=N\N(c1ccccc1)c1c(C(=O)N2CC(=O)Nc3ccccc32)cc([N+](=O)[O-])cc1[N+](=O)[O-])c1ccc(Br)cc1. The van der Waals surface area contributed by atoms with Crippen molar-refractivity contribution >= 4 is 67.6 Å². The van der Waals surface area contributed by atoms with Crippen LogP contribution in [-0.2, 0) is 4.79 Å². The summed E-state index contributed by atoms with van der Waals surface area (Å²) in [6.45, 7) is 1.29. The molecule has 2 amide bonds. The number of halogens is 1. The number of hydrazone groups is 1. The van der Waals surface area contributed by atoms with Crippen LogP contribution in [0.15, 0.2) is 101 Å². The second-order valence-corrected chi connectivity index (χ2v) is 10.1. The highest BCUT2D eigenvalue weighted by molar-refractivity contribution is 9.10. The van der Waals surface area contributed by atoms with Crippen molar-refractivity contribution in [2.75, 3.05) is 21.8 Å². The molecule has 5 rings (SSSR count). The minimum absolute atomic E-state index is 0.290. The summed E-state index contributed by atoms with van der Waals surface area (Å²) >= 11 is 3.39. The van der Waals surface area contributed by atoms with E-state index in [0.29, 0.717) is 28.3 Å². The largest absolute Gasteiger partial charge is 0.323 e. The molecular weight excluding hydrogens is 608 g/mol. The molecule has 1 aliphatic heterocycles. The Labute approximate surface area is 247 Å². The Morgan fingerprint density at radius 1 is 0.952 bits per heavy atom. The minimum Gasteiger partial charge on any atom is -0.323 e. The van der Waals surface area contributed by atoms with Crippen molar-refractivity contribution < 1.29 is 19.4 Å². The number of amides is 2. The number of benzene rings is 4. The van der Waals surface area contributed by atoms with Crippen molar-refractivity contribution in [1.29, 1.82) is 0 Å². The lowest BCUT2D eigenvalue weighted by molar-refractivity contribution is -0.393. The van der Waals surface area contributed by atoms with Crippen LogP contribution in [0.2, 0.25) is 0 Å². The lowest BCUT2D eigenvalue weighted by Gasteiger charge is -2.30. The van der Waals surface area contributed by atoms with Gasteiger partial charge in [-0.25, -0.2) is 5.01 Å². The zero-order valence-corrected chi connectivity index (χ0v) is 23.5. The quantitative estimate of drug-likeness (QED) is 0.141. The summed E-state index contributed by atoms with van der Waals surface area (Å²) in [6.07, 6.45) is 0. The normalized spacial score (nSPS) is 12.8. The molecule has 4 aromatic carbocycles. The number of hydrogen-bond donors (Lipinski definition) is 1. The third-order valence-corrected chi connectivity index (χ3v) is 6.98. The zero-order chi connectivity index (χ0) is 30.0. The Bertz CT molecular complexity index is 1760. The average molecular weight is 629 g/mol. The first-order valence-corrected chi connectivity index (χ1v) is 13.3. The van der Waals surface area contributed by atoms with Crippen LogP contribution in [0.5, 0.6) is 0 Å². The zero-order valence-electron chi connectivity index (χ0n) is 21.9. The standard InChI is InChI=1S/C29H21BrN6O6/c1-18(19-11-13-20(30)14-12-19)32-34(21-7-3-2-4-8-21)28-23(15-22(35(39)40)16-26(28)36(41)42)29(38)33-17-27(37)31-24-9-5-6-10-25(24)33/h2-16H,17H2,1H3,(H,31,37)/b32-18+. The summed E-state index contributed by atoms with van der Waals surface area (Å²) in [4.78, 5) is 50.6. The number of nitrogens with one attached hydrogen (secondary N) is 1. The highest BCUT2D eigenvalue weighted by Crippen LogP contribution is 2.42. The van der Waals surface area contributed by atoms with Crippen molar-refractivity contribution in [1.82, 2.24) is 0 Å². The molecule has 0 fully saturated rings. The molecule has 0 atom stereocenters. The van der Waals surface area contributed by atoms with Gasteiger partial charge in [0.25, 0.3) is 11.6 Å². The van der Waals surface area contributed by atoms with Crippen LogP contribution in [0.3, 0.4) is 0 Å². The summed E-state index contributed by atoms with van der Waals surface area (Å²) in [5.41, 5.74) is 0.146. The molecule has 0 saturated heterocycles. The first-order chi connectivity index (χ1) is 20.1. The summed E-state index contributed by atoms with van der Waals surface area (Å²) < 4.78 is 0.837. The Morgan fingerprint density at radius 2 is 1.62 bits per heavy atom. The predicted octanol–water partition coefficient (Wildman–Crippen LogP) is 6.43. The van der Waals surface area contributed by atoms with E-state index in [1.165, 1.54) is 5.01 Å². The lowest BCUT2D eigenvalue weighted by atomic mass is 10.1. The fraction of sp³-hybridized carbons (Fsp3) is 0.0690. The van der Waals surface area contributed by atoms with Crippen molar-refractivity contribution in [3.63, 3.8) is 0 Å². The number of fused-ring (bicyclic) bond motifs is 1. The fourth-order valence-corrected chi connectivity index (χ4v) is 4.76. The maximum Gasteiger partial charge on any atom is 0.302 e. The Morgan fingerprint density at radius 3 is 2.29 bits per heavy atom. The van der Waals surface area contributed by atoms with Crippen molar-refractivity contribution in [2.24, 2.45) is 5.10 Å². The van der Waals surface area contributed by atoms with E-state index >= 15 is 0 Å². The van der Waals surface area contributed by atoms with Crippen LogP contribution >= 0.6 is 15.9 Å². The number of non-ortho nitro benzene ring substituents is 1. The van der Waals surface area contributed by atoms with Gasteiger partial charge in [0.15, 0.2) is 5.69 Å². The first kappa shape index (κ1) is 28.1. The van der Waals surface area contributed by atoms with Gasteiger partial charge in [-0.3, -0.25) is 34.7 Å². The molecule has 0 unspecified atom stereocenters. The van der Waals surface area contributed by atoms with Crippen LogP contribution in [0, 0.1) is 20.2 Å². The lowest BCUT2D eigenvalue weighted by Crippen LogP contribution is -2.42. The molecule has 1 heterocycles. The molecule has 13 heteroatoms. The maximum absolute atomic E-state index is 14.2. The van der Waals surface area contributed by atoms with Gasteiger partial charge < -0.3 is 5.32 Å². The second kappa shape index (κ2) is 11.6. The number of anilines is 4. The number of para-hydroxylation sites is 3. The van der Waals surface area contributed by atoms with Crippen molar-refractivity contribution in [2.45, 2.75) is 6.92 Å². The van der Waals surface area contributed by atoms with Crippen molar-refractivity contribution in [3.8, 4) is 0 Å².